The normalized spacial score (nSPS) is 15.5. The van der Waals surface area contributed by atoms with E-state index in [2.05, 4.69) is 54.4 Å². The van der Waals surface area contributed by atoms with E-state index in [-0.39, 0.29) is 11.8 Å². The summed E-state index contributed by atoms with van der Waals surface area (Å²) in [6.45, 7) is 6.04. The summed E-state index contributed by atoms with van der Waals surface area (Å²) in [7, 11) is 0. The maximum Gasteiger partial charge on any atom is 0.227 e. The molecule has 1 aliphatic rings. The predicted molar refractivity (Wildman–Crippen MR) is 95.9 cm³/mol. The summed E-state index contributed by atoms with van der Waals surface area (Å²) >= 11 is 0. The number of nitrogens with one attached hydrogen (secondary N) is 1. The van der Waals surface area contributed by atoms with E-state index >= 15 is 0 Å². The van der Waals surface area contributed by atoms with Gasteiger partial charge in [0.05, 0.1) is 0 Å². The summed E-state index contributed by atoms with van der Waals surface area (Å²) in [5.74, 6) is 0.262. The fourth-order valence-corrected chi connectivity index (χ4v) is 3.10. The van der Waals surface area contributed by atoms with E-state index in [1.165, 1.54) is 16.8 Å². The topological polar surface area (TPSA) is 32.3 Å². The van der Waals surface area contributed by atoms with Crippen molar-refractivity contribution in [3.63, 3.8) is 0 Å². The second-order valence-corrected chi connectivity index (χ2v) is 6.39. The monoisotopic (exact) mass is 308 g/mol. The molecule has 0 aliphatic carbocycles. The molecule has 0 saturated carbocycles. The fourth-order valence-electron chi connectivity index (χ4n) is 3.10. The highest BCUT2D eigenvalue weighted by Gasteiger charge is 2.25. The highest BCUT2D eigenvalue weighted by molar-refractivity contribution is 5.92. The standard InChI is InChI=1S/C20H24N2O/c1-15-8-9-18(14-16(15)2)21-20(23)17-10-12-22(13-11-17)19-6-4-3-5-7-19/h3-9,14,17H,10-13H2,1-2H3,(H,21,23). The zero-order chi connectivity index (χ0) is 16.2. The van der Waals surface area contributed by atoms with Crippen molar-refractivity contribution in [3.8, 4) is 0 Å². The lowest BCUT2D eigenvalue weighted by molar-refractivity contribution is -0.120. The molecule has 120 valence electrons. The van der Waals surface area contributed by atoms with E-state index in [9.17, 15) is 4.79 Å². The molecule has 0 atom stereocenters. The number of amides is 1. The molecule has 0 bridgehead atoms. The zero-order valence-corrected chi connectivity index (χ0v) is 13.9. The molecular formula is C20H24N2O. The van der Waals surface area contributed by atoms with Crippen LogP contribution in [0.5, 0.6) is 0 Å². The lowest BCUT2D eigenvalue weighted by Gasteiger charge is -2.33. The van der Waals surface area contributed by atoms with Crippen molar-refractivity contribution in [2.45, 2.75) is 26.7 Å². The van der Waals surface area contributed by atoms with E-state index in [1.54, 1.807) is 0 Å². The number of carbonyl (C=O) groups excluding carboxylic acids is 1. The average molecular weight is 308 g/mol. The number of nitrogens with zero attached hydrogens (tertiary/aromatic N) is 1. The van der Waals surface area contributed by atoms with Gasteiger partial charge in [-0.15, -0.1) is 0 Å². The molecule has 3 rings (SSSR count). The summed E-state index contributed by atoms with van der Waals surface area (Å²) < 4.78 is 0. The van der Waals surface area contributed by atoms with Crippen LogP contribution in [-0.4, -0.2) is 19.0 Å². The van der Waals surface area contributed by atoms with Gasteiger partial charge in [0.25, 0.3) is 0 Å². The summed E-state index contributed by atoms with van der Waals surface area (Å²) in [6.07, 6.45) is 1.82. The van der Waals surface area contributed by atoms with Crippen molar-refractivity contribution in [1.82, 2.24) is 0 Å². The van der Waals surface area contributed by atoms with Crippen LogP contribution < -0.4 is 10.2 Å². The molecule has 3 nitrogen and oxygen atoms in total. The third-order valence-electron chi connectivity index (χ3n) is 4.76. The molecule has 1 heterocycles. The van der Waals surface area contributed by atoms with Crippen molar-refractivity contribution >= 4 is 17.3 Å². The Morgan fingerprint density at radius 3 is 2.35 bits per heavy atom. The SMILES string of the molecule is Cc1ccc(NC(=O)C2CCN(c3ccccc3)CC2)cc1C. The van der Waals surface area contributed by atoms with Crippen LogP contribution in [0.2, 0.25) is 0 Å². The van der Waals surface area contributed by atoms with Gasteiger partial charge in [0, 0.05) is 30.4 Å². The fraction of sp³-hybridized carbons (Fsp3) is 0.350. The highest BCUT2D eigenvalue weighted by Crippen LogP contribution is 2.24. The second-order valence-electron chi connectivity index (χ2n) is 6.39. The zero-order valence-electron chi connectivity index (χ0n) is 13.9. The van der Waals surface area contributed by atoms with Crippen LogP contribution >= 0.6 is 0 Å². The maximum atomic E-state index is 12.5. The second kappa shape index (κ2) is 6.86. The van der Waals surface area contributed by atoms with Gasteiger partial charge in [-0.2, -0.15) is 0 Å². The van der Waals surface area contributed by atoms with Gasteiger partial charge >= 0.3 is 0 Å². The summed E-state index contributed by atoms with van der Waals surface area (Å²) in [5, 5.41) is 3.08. The number of para-hydroxylation sites is 1. The molecule has 3 heteroatoms. The number of aryl methyl sites for hydroxylation is 2. The smallest absolute Gasteiger partial charge is 0.227 e. The van der Waals surface area contributed by atoms with Crippen LogP contribution in [0, 0.1) is 19.8 Å². The molecule has 1 saturated heterocycles. The molecule has 2 aromatic rings. The third-order valence-corrected chi connectivity index (χ3v) is 4.76. The summed E-state index contributed by atoms with van der Waals surface area (Å²) in [6, 6.07) is 16.5. The van der Waals surface area contributed by atoms with Gasteiger partial charge in [-0.3, -0.25) is 4.79 Å². The van der Waals surface area contributed by atoms with Gasteiger partial charge in [-0.1, -0.05) is 24.3 Å². The van der Waals surface area contributed by atoms with Crippen LogP contribution in [0.3, 0.4) is 0 Å². The average Bonchev–Trinajstić information content (AvgIpc) is 2.59. The Kier molecular flexibility index (Phi) is 4.65. The molecule has 1 fully saturated rings. The Labute approximate surface area is 138 Å². The minimum Gasteiger partial charge on any atom is -0.371 e. The largest absolute Gasteiger partial charge is 0.371 e. The van der Waals surface area contributed by atoms with E-state index in [4.69, 9.17) is 0 Å². The Hall–Kier alpha value is -2.29. The van der Waals surface area contributed by atoms with Crippen molar-refractivity contribution < 1.29 is 4.79 Å². The highest BCUT2D eigenvalue weighted by atomic mass is 16.1. The lowest BCUT2D eigenvalue weighted by atomic mass is 9.95. The quantitative estimate of drug-likeness (QED) is 0.923. The Bertz CT molecular complexity index is 673. The maximum absolute atomic E-state index is 12.5. The van der Waals surface area contributed by atoms with Crippen LogP contribution in [0.1, 0.15) is 24.0 Å². The van der Waals surface area contributed by atoms with Crippen LogP contribution in [-0.2, 0) is 4.79 Å². The Morgan fingerprint density at radius 1 is 1.00 bits per heavy atom. The molecular weight excluding hydrogens is 284 g/mol. The Balaban J connectivity index is 1.57. The van der Waals surface area contributed by atoms with E-state index < -0.39 is 0 Å². The molecule has 1 N–H and O–H groups in total. The number of hydrogen-bond acceptors (Lipinski definition) is 2. The number of piperidine rings is 1. The molecule has 1 amide bonds. The van der Waals surface area contributed by atoms with Crippen molar-refractivity contribution in [2.24, 2.45) is 5.92 Å². The predicted octanol–water partition coefficient (Wildman–Crippen LogP) is 4.16. The van der Waals surface area contributed by atoms with Gasteiger partial charge in [-0.05, 0) is 62.1 Å². The first-order valence-corrected chi connectivity index (χ1v) is 8.31. The first kappa shape index (κ1) is 15.6. The molecule has 23 heavy (non-hydrogen) atoms. The van der Waals surface area contributed by atoms with E-state index in [1.807, 2.05) is 18.2 Å². The first-order valence-electron chi connectivity index (χ1n) is 8.31. The van der Waals surface area contributed by atoms with Gasteiger partial charge in [-0.25, -0.2) is 0 Å². The number of anilines is 2. The van der Waals surface area contributed by atoms with Gasteiger partial charge in [0.2, 0.25) is 5.91 Å². The van der Waals surface area contributed by atoms with Gasteiger partial charge in [0.15, 0.2) is 0 Å². The van der Waals surface area contributed by atoms with Gasteiger partial charge in [0.1, 0.15) is 0 Å². The first-order chi connectivity index (χ1) is 11.1. The number of carbonyl (C=O) groups is 1. The number of hydrogen-bond donors (Lipinski definition) is 1. The van der Waals surface area contributed by atoms with Crippen molar-refractivity contribution in [2.75, 3.05) is 23.3 Å². The van der Waals surface area contributed by atoms with Crippen LogP contribution in [0.4, 0.5) is 11.4 Å². The molecule has 1 aliphatic heterocycles. The van der Waals surface area contributed by atoms with Crippen LogP contribution in [0.15, 0.2) is 48.5 Å². The number of rotatable bonds is 3. The van der Waals surface area contributed by atoms with E-state index in [0.717, 1.165) is 31.6 Å². The minimum atomic E-state index is 0.108. The van der Waals surface area contributed by atoms with Gasteiger partial charge < -0.3 is 10.2 Å². The molecule has 0 spiro atoms. The van der Waals surface area contributed by atoms with Crippen LogP contribution in [0.25, 0.3) is 0 Å². The number of benzene rings is 2. The summed E-state index contributed by atoms with van der Waals surface area (Å²) in [4.78, 5) is 14.8. The van der Waals surface area contributed by atoms with Crippen molar-refractivity contribution in [1.29, 1.82) is 0 Å². The molecule has 0 unspecified atom stereocenters. The Morgan fingerprint density at radius 2 is 1.70 bits per heavy atom. The third kappa shape index (κ3) is 3.73. The lowest BCUT2D eigenvalue weighted by Crippen LogP contribution is -2.38. The molecule has 0 radical (unpaired) electrons. The van der Waals surface area contributed by atoms with E-state index in [0.29, 0.717) is 0 Å². The molecule has 0 aromatic heterocycles. The molecule has 2 aromatic carbocycles. The van der Waals surface area contributed by atoms with Crippen molar-refractivity contribution in [3.05, 3.63) is 59.7 Å². The minimum absolute atomic E-state index is 0.108. The summed E-state index contributed by atoms with van der Waals surface area (Å²) in [5.41, 5.74) is 4.62.